The molecule has 3 fully saturated rings. The van der Waals surface area contributed by atoms with Gasteiger partial charge < -0.3 is 14.5 Å². The molecule has 0 amide bonds. The molecule has 0 radical (unpaired) electrons. The van der Waals surface area contributed by atoms with Gasteiger partial charge in [-0.2, -0.15) is 0 Å². The van der Waals surface area contributed by atoms with Crippen molar-refractivity contribution in [2.75, 3.05) is 0 Å². The molecule has 7 heteroatoms. The number of carbonyl (C=O) groups excluding carboxylic acids is 1. The van der Waals surface area contributed by atoms with Gasteiger partial charge in [-0.1, -0.05) is 50.7 Å². The minimum atomic E-state index is -1.49. The number of aromatic nitrogens is 2. The third-order valence-electron chi connectivity index (χ3n) is 7.86. The molecule has 0 N–H and O–H groups in total. The zero-order valence-corrected chi connectivity index (χ0v) is 22.3. The summed E-state index contributed by atoms with van der Waals surface area (Å²) in [5.41, 5.74) is 0.307. The molecule has 2 saturated heterocycles. The summed E-state index contributed by atoms with van der Waals surface area (Å²) in [5.74, 6) is -1.49. The number of hydrogen-bond acceptors (Lipinski definition) is 5. The van der Waals surface area contributed by atoms with E-state index in [4.69, 9.17) is 0 Å². The van der Waals surface area contributed by atoms with E-state index in [-0.39, 0.29) is 57.4 Å². The van der Waals surface area contributed by atoms with Crippen LogP contribution in [0.5, 0.6) is 0 Å². The molecule has 1 saturated carbocycles. The standard InChI is InChI=1S/C25H33N3O3.K/c29-24-23(25(30)31)26-21-13-6-7-14-22(21)28(24)20-15-18-11-8-12-19(16-20)27(18)17-9-4-2-1-3-5-10-17;/h6-7,13-14,17-20H,1-5,8-12,15-16H2,(H,30,31);/q;+1/p-1. The van der Waals surface area contributed by atoms with Gasteiger partial charge >= 0.3 is 51.4 Å². The fourth-order valence-corrected chi connectivity index (χ4v) is 6.58. The zero-order valence-electron chi connectivity index (χ0n) is 19.2. The van der Waals surface area contributed by atoms with Crippen LogP contribution < -0.4 is 62.1 Å². The van der Waals surface area contributed by atoms with Crippen LogP contribution in [0.1, 0.15) is 93.6 Å². The smallest absolute Gasteiger partial charge is 0.543 e. The van der Waals surface area contributed by atoms with Gasteiger partial charge in [0.25, 0.3) is 5.56 Å². The van der Waals surface area contributed by atoms with E-state index in [0.717, 1.165) is 18.4 Å². The first kappa shape index (κ1) is 24.5. The summed E-state index contributed by atoms with van der Waals surface area (Å²) in [6.07, 6.45) is 14.8. The van der Waals surface area contributed by atoms with Gasteiger partial charge in [0, 0.05) is 24.2 Å². The molecule has 2 aromatic rings. The summed E-state index contributed by atoms with van der Waals surface area (Å²) in [6.45, 7) is 0. The first-order valence-corrected chi connectivity index (χ1v) is 12.1. The second-order valence-corrected chi connectivity index (χ2v) is 9.72. The van der Waals surface area contributed by atoms with Crippen molar-refractivity contribution >= 4 is 17.0 Å². The van der Waals surface area contributed by atoms with E-state index >= 15 is 0 Å². The van der Waals surface area contributed by atoms with Crippen molar-refractivity contribution in [2.24, 2.45) is 0 Å². The van der Waals surface area contributed by atoms with Gasteiger partial charge in [0.15, 0.2) is 5.69 Å². The number of rotatable bonds is 3. The number of hydrogen-bond donors (Lipinski definition) is 0. The Labute approximate surface area is 232 Å². The minimum absolute atomic E-state index is 0. The second-order valence-electron chi connectivity index (χ2n) is 9.72. The molecule has 5 rings (SSSR count). The monoisotopic (exact) mass is 461 g/mol. The largest absolute Gasteiger partial charge is 1.00 e. The fourth-order valence-electron chi connectivity index (χ4n) is 6.58. The van der Waals surface area contributed by atoms with Crippen molar-refractivity contribution in [1.29, 1.82) is 0 Å². The Morgan fingerprint density at radius 3 is 2.09 bits per heavy atom. The number of fused-ring (bicyclic) bond motifs is 3. The first-order chi connectivity index (χ1) is 15.1. The zero-order chi connectivity index (χ0) is 21.4. The summed E-state index contributed by atoms with van der Waals surface area (Å²) in [5, 5.41) is 11.6. The number of nitrogens with zero attached hydrogens (tertiary/aromatic N) is 3. The summed E-state index contributed by atoms with van der Waals surface area (Å²) in [6, 6.07) is 9.03. The number of piperidine rings is 2. The molecule has 166 valence electrons. The van der Waals surface area contributed by atoms with Crippen molar-refractivity contribution in [1.82, 2.24) is 14.5 Å². The van der Waals surface area contributed by atoms with E-state index in [1.54, 1.807) is 10.6 Å². The summed E-state index contributed by atoms with van der Waals surface area (Å²) >= 11 is 0. The molecule has 1 aromatic heterocycles. The predicted molar refractivity (Wildman–Crippen MR) is 118 cm³/mol. The molecule has 32 heavy (non-hydrogen) atoms. The van der Waals surface area contributed by atoms with Crippen LogP contribution in [0.4, 0.5) is 0 Å². The SMILES string of the molecule is O=C([O-])c1nc2ccccc2n(C2CC3CCCC(C2)N3C2CCCCCCC2)c1=O.[K+]. The first-order valence-electron chi connectivity index (χ1n) is 12.1. The van der Waals surface area contributed by atoms with Gasteiger partial charge in [-0.3, -0.25) is 9.69 Å². The van der Waals surface area contributed by atoms with E-state index in [0.29, 0.717) is 23.6 Å². The topological polar surface area (TPSA) is 78.3 Å². The van der Waals surface area contributed by atoms with Crippen LogP contribution >= 0.6 is 0 Å². The van der Waals surface area contributed by atoms with Crippen molar-refractivity contribution in [3.8, 4) is 0 Å². The third kappa shape index (κ3) is 4.79. The maximum absolute atomic E-state index is 13.2. The van der Waals surface area contributed by atoms with Crippen molar-refractivity contribution in [2.45, 2.75) is 101 Å². The molecule has 1 aromatic carbocycles. The van der Waals surface area contributed by atoms with Crippen LogP contribution in [-0.4, -0.2) is 38.5 Å². The molecule has 2 aliphatic heterocycles. The Morgan fingerprint density at radius 1 is 0.844 bits per heavy atom. The van der Waals surface area contributed by atoms with Crippen LogP contribution in [0.3, 0.4) is 0 Å². The molecule has 3 heterocycles. The number of benzene rings is 1. The van der Waals surface area contributed by atoms with Gasteiger partial charge in [0.05, 0.1) is 17.0 Å². The number of para-hydroxylation sites is 2. The number of aromatic carboxylic acids is 1. The van der Waals surface area contributed by atoms with Gasteiger partial charge in [-0.05, 0) is 50.7 Å². The maximum atomic E-state index is 13.2. The molecule has 2 unspecified atom stereocenters. The Bertz CT molecular complexity index is 1000. The number of carboxylic acids is 1. The molecule has 2 bridgehead atoms. The van der Waals surface area contributed by atoms with Crippen molar-refractivity contribution in [3.05, 3.63) is 40.3 Å². The van der Waals surface area contributed by atoms with E-state index in [9.17, 15) is 14.7 Å². The van der Waals surface area contributed by atoms with Crippen LogP contribution in [-0.2, 0) is 0 Å². The normalized spacial score (nSPS) is 27.3. The Kier molecular flexibility index (Phi) is 8.27. The Morgan fingerprint density at radius 2 is 1.44 bits per heavy atom. The van der Waals surface area contributed by atoms with E-state index in [2.05, 4.69) is 9.88 Å². The fraction of sp³-hybridized carbons (Fsp3) is 0.640. The third-order valence-corrected chi connectivity index (χ3v) is 7.86. The maximum Gasteiger partial charge on any atom is 1.00 e. The molecule has 6 nitrogen and oxygen atoms in total. The van der Waals surface area contributed by atoms with Gasteiger partial charge in [0.1, 0.15) is 0 Å². The van der Waals surface area contributed by atoms with Gasteiger partial charge in [-0.25, -0.2) is 4.98 Å². The summed E-state index contributed by atoms with van der Waals surface area (Å²) in [4.78, 5) is 31.7. The van der Waals surface area contributed by atoms with Gasteiger partial charge in [0.2, 0.25) is 0 Å². The molecular weight excluding hydrogens is 429 g/mol. The van der Waals surface area contributed by atoms with E-state index < -0.39 is 17.2 Å². The molecular formula is C25H32KN3O3. The average molecular weight is 462 g/mol. The van der Waals surface area contributed by atoms with Gasteiger partial charge in [-0.15, -0.1) is 0 Å². The molecule has 1 aliphatic carbocycles. The predicted octanol–water partition coefficient (Wildman–Crippen LogP) is 0.435. The summed E-state index contributed by atoms with van der Waals surface area (Å²) < 4.78 is 1.73. The second kappa shape index (κ2) is 10.8. The number of carbonyl (C=O) groups is 1. The molecule has 3 aliphatic rings. The van der Waals surface area contributed by atoms with Crippen LogP contribution in [0, 0.1) is 0 Å². The molecule has 0 spiro atoms. The summed E-state index contributed by atoms with van der Waals surface area (Å²) in [7, 11) is 0. The molecule has 2 atom stereocenters. The number of carboxylic acid groups (broad SMARTS) is 1. The Balaban J connectivity index is 0.00000245. The van der Waals surface area contributed by atoms with E-state index in [1.807, 2.05) is 18.2 Å². The minimum Gasteiger partial charge on any atom is -0.543 e. The van der Waals surface area contributed by atoms with Crippen LogP contribution in [0.2, 0.25) is 0 Å². The van der Waals surface area contributed by atoms with Crippen molar-refractivity contribution < 1.29 is 61.3 Å². The quantitative estimate of drug-likeness (QED) is 0.620. The van der Waals surface area contributed by atoms with Crippen LogP contribution in [0.25, 0.3) is 11.0 Å². The van der Waals surface area contributed by atoms with Crippen LogP contribution in [0.15, 0.2) is 29.1 Å². The van der Waals surface area contributed by atoms with E-state index in [1.165, 1.54) is 64.2 Å². The average Bonchev–Trinajstić information content (AvgIpc) is 2.72. The Hall–Kier alpha value is -0.574. The van der Waals surface area contributed by atoms with Crippen molar-refractivity contribution in [3.63, 3.8) is 0 Å².